The quantitative estimate of drug-likeness (QED) is 0.715. The monoisotopic (exact) mass is 304 g/mol. The molecular formula is C15H20N4OS. The molecule has 0 unspecified atom stereocenters. The second-order valence-corrected chi connectivity index (χ2v) is 5.90. The number of nitrogens with one attached hydrogen (secondary N) is 2. The fourth-order valence-corrected chi connectivity index (χ4v) is 2.79. The molecule has 5 nitrogen and oxygen atoms in total. The summed E-state index contributed by atoms with van der Waals surface area (Å²) in [6.07, 6.45) is 1.73. The van der Waals surface area contributed by atoms with Crippen molar-refractivity contribution in [3.63, 3.8) is 0 Å². The molecule has 1 heterocycles. The normalized spacial score (nSPS) is 10.6. The van der Waals surface area contributed by atoms with Crippen molar-refractivity contribution < 1.29 is 4.79 Å². The van der Waals surface area contributed by atoms with Gasteiger partial charge in [0, 0.05) is 4.90 Å². The van der Waals surface area contributed by atoms with Crippen molar-refractivity contribution >= 4 is 29.0 Å². The molecule has 1 amide bonds. The number of aromatic amines is 1. The van der Waals surface area contributed by atoms with E-state index in [0.717, 1.165) is 34.9 Å². The van der Waals surface area contributed by atoms with Crippen molar-refractivity contribution in [2.24, 2.45) is 0 Å². The maximum atomic E-state index is 12.3. The number of aromatic nitrogens is 2. The van der Waals surface area contributed by atoms with E-state index in [4.69, 9.17) is 5.73 Å². The van der Waals surface area contributed by atoms with Crippen LogP contribution in [-0.2, 0) is 6.42 Å². The minimum Gasteiger partial charge on any atom is -0.395 e. The molecule has 0 atom stereocenters. The number of hydrogen-bond acceptors (Lipinski definition) is 4. The molecule has 0 aliphatic carbocycles. The number of carbonyl (C=O) groups is 1. The molecule has 4 N–H and O–H groups in total. The highest BCUT2D eigenvalue weighted by molar-refractivity contribution is 7.99. The topological polar surface area (TPSA) is 83.8 Å². The fraction of sp³-hybridized carbons (Fsp3) is 0.333. The van der Waals surface area contributed by atoms with Crippen LogP contribution in [-0.4, -0.2) is 21.9 Å². The van der Waals surface area contributed by atoms with Gasteiger partial charge in [-0.05, 0) is 24.3 Å². The van der Waals surface area contributed by atoms with Gasteiger partial charge in [-0.15, -0.1) is 11.8 Å². The number of benzene rings is 1. The van der Waals surface area contributed by atoms with Gasteiger partial charge in [0.1, 0.15) is 0 Å². The first-order chi connectivity index (χ1) is 10.2. The van der Waals surface area contributed by atoms with Crippen LogP contribution < -0.4 is 11.1 Å². The summed E-state index contributed by atoms with van der Waals surface area (Å²) < 4.78 is 0. The molecule has 2 rings (SSSR count). The second kappa shape index (κ2) is 7.17. The van der Waals surface area contributed by atoms with Gasteiger partial charge in [0.15, 0.2) is 5.69 Å². The van der Waals surface area contributed by atoms with Crippen LogP contribution in [0.3, 0.4) is 0 Å². The van der Waals surface area contributed by atoms with Crippen LogP contribution in [0.15, 0.2) is 29.2 Å². The summed E-state index contributed by atoms with van der Waals surface area (Å²) in [5, 5.41) is 9.76. The number of para-hydroxylation sites is 1. The Labute approximate surface area is 128 Å². The van der Waals surface area contributed by atoms with Crippen LogP contribution in [0.1, 0.15) is 36.5 Å². The highest BCUT2D eigenvalue weighted by atomic mass is 32.2. The minimum atomic E-state index is -0.282. The Bertz CT molecular complexity index is 624. The van der Waals surface area contributed by atoms with Crippen LogP contribution in [0.4, 0.5) is 11.4 Å². The van der Waals surface area contributed by atoms with E-state index in [1.54, 1.807) is 11.8 Å². The van der Waals surface area contributed by atoms with E-state index in [9.17, 15) is 4.79 Å². The van der Waals surface area contributed by atoms with Crippen molar-refractivity contribution in [1.82, 2.24) is 10.2 Å². The summed E-state index contributed by atoms with van der Waals surface area (Å²) in [6.45, 7) is 4.13. The Kier molecular flexibility index (Phi) is 5.27. The zero-order valence-corrected chi connectivity index (χ0v) is 13.1. The third-order valence-electron chi connectivity index (χ3n) is 3.03. The molecule has 0 spiro atoms. The molecule has 0 aliphatic heterocycles. The van der Waals surface area contributed by atoms with Crippen LogP contribution in [0, 0.1) is 0 Å². The van der Waals surface area contributed by atoms with Crippen LogP contribution in [0.2, 0.25) is 0 Å². The van der Waals surface area contributed by atoms with E-state index in [1.807, 2.05) is 24.3 Å². The van der Waals surface area contributed by atoms with Gasteiger partial charge < -0.3 is 11.1 Å². The number of hydrogen-bond donors (Lipinski definition) is 3. The van der Waals surface area contributed by atoms with E-state index < -0.39 is 0 Å². The predicted octanol–water partition coefficient (Wildman–Crippen LogP) is 3.31. The van der Waals surface area contributed by atoms with Gasteiger partial charge in [-0.25, -0.2) is 0 Å². The summed E-state index contributed by atoms with van der Waals surface area (Å²) in [5.41, 5.74) is 8.28. The number of anilines is 2. The molecule has 0 bridgehead atoms. The summed E-state index contributed by atoms with van der Waals surface area (Å²) >= 11 is 1.68. The number of thioether (sulfide) groups is 1. The second-order valence-electron chi connectivity index (χ2n) is 4.60. The van der Waals surface area contributed by atoms with Crippen molar-refractivity contribution in [2.45, 2.75) is 31.6 Å². The minimum absolute atomic E-state index is 0.259. The number of nitrogen functional groups attached to an aromatic ring is 1. The van der Waals surface area contributed by atoms with E-state index in [0.29, 0.717) is 5.69 Å². The lowest BCUT2D eigenvalue weighted by atomic mass is 10.2. The number of H-pyrrole nitrogens is 1. The number of nitrogens with two attached hydrogens (primary N) is 1. The van der Waals surface area contributed by atoms with Gasteiger partial charge in [-0.3, -0.25) is 9.89 Å². The van der Waals surface area contributed by atoms with Crippen LogP contribution in [0.25, 0.3) is 0 Å². The smallest absolute Gasteiger partial charge is 0.278 e. The van der Waals surface area contributed by atoms with Gasteiger partial charge in [-0.1, -0.05) is 32.4 Å². The predicted molar refractivity (Wildman–Crippen MR) is 87.8 cm³/mol. The first-order valence-electron chi connectivity index (χ1n) is 7.03. The van der Waals surface area contributed by atoms with E-state index in [1.165, 1.54) is 0 Å². The lowest BCUT2D eigenvalue weighted by Crippen LogP contribution is -2.15. The van der Waals surface area contributed by atoms with Crippen LogP contribution in [0.5, 0.6) is 0 Å². The van der Waals surface area contributed by atoms with Crippen molar-refractivity contribution in [1.29, 1.82) is 0 Å². The molecule has 0 radical (unpaired) electrons. The molecule has 0 saturated carbocycles. The summed E-state index contributed by atoms with van der Waals surface area (Å²) in [5.74, 6) is 0.660. The first kappa shape index (κ1) is 15.4. The summed E-state index contributed by atoms with van der Waals surface area (Å²) in [4.78, 5) is 13.4. The average molecular weight is 304 g/mol. The van der Waals surface area contributed by atoms with Gasteiger partial charge in [0.25, 0.3) is 5.91 Å². The molecule has 112 valence electrons. The van der Waals surface area contributed by atoms with E-state index in [2.05, 4.69) is 29.4 Å². The van der Waals surface area contributed by atoms with Gasteiger partial charge >= 0.3 is 0 Å². The molecule has 0 fully saturated rings. The fourth-order valence-electron chi connectivity index (χ4n) is 2.03. The Hall–Kier alpha value is -1.95. The van der Waals surface area contributed by atoms with E-state index >= 15 is 0 Å². The first-order valence-corrected chi connectivity index (χ1v) is 8.01. The number of amides is 1. The SMILES string of the molecule is CCCc1[nH]nc(C(=O)Nc2ccccc2SCC)c1N. The molecule has 1 aromatic carbocycles. The molecule has 21 heavy (non-hydrogen) atoms. The molecule has 2 aromatic rings. The highest BCUT2D eigenvalue weighted by Gasteiger charge is 2.17. The van der Waals surface area contributed by atoms with Crippen molar-refractivity contribution in [3.8, 4) is 0 Å². The number of aryl methyl sites for hydroxylation is 1. The largest absolute Gasteiger partial charge is 0.395 e. The number of rotatable bonds is 6. The standard InChI is InChI=1S/C15H20N4OS/c1-3-7-11-13(16)14(19-18-11)15(20)17-10-8-5-6-9-12(10)21-4-2/h5-6,8-9H,3-4,7,16H2,1-2H3,(H,17,20)(H,18,19). The van der Waals surface area contributed by atoms with E-state index in [-0.39, 0.29) is 11.6 Å². The van der Waals surface area contributed by atoms with Crippen LogP contribution >= 0.6 is 11.8 Å². The molecule has 6 heteroatoms. The maximum Gasteiger partial charge on any atom is 0.278 e. The van der Waals surface area contributed by atoms with Gasteiger partial charge in [0.05, 0.1) is 17.1 Å². The molecule has 0 saturated heterocycles. The lowest BCUT2D eigenvalue weighted by Gasteiger charge is -2.09. The molecular weight excluding hydrogens is 284 g/mol. The Morgan fingerprint density at radius 3 is 2.86 bits per heavy atom. The van der Waals surface area contributed by atoms with Crippen molar-refractivity contribution in [2.75, 3.05) is 16.8 Å². The van der Waals surface area contributed by atoms with Crippen molar-refractivity contribution in [3.05, 3.63) is 35.7 Å². The number of nitrogens with zero attached hydrogens (tertiary/aromatic N) is 1. The molecule has 1 aromatic heterocycles. The Balaban J connectivity index is 2.18. The zero-order valence-electron chi connectivity index (χ0n) is 12.3. The third kappa shape index (κ3) is 3.58. The lowest BCUT2D eigenvalue weighted by molar-refractivity contribution is 0.102. The third-order valence-corrected chi connectivity index (χ3v) is 3.99. The van der Waals surface area contributed by atoms with Gasteiger partial charge in [0.2, 0.25) is 0 Å². The highest BCUT2D eigenvalue weighted by Crippen LogP contribution is 2.27. The van der Waals surface area contributed by atoms with Gasteiger partial charge in [-0.2, -0.15) is 5.10 Å². The maximum absolute atomic E-state index is 12.3. The average Bonchev–Trinajstić information content (AvgIpc) is 2.83. The zero-order chi connectivity index (χ0) is 15.2. The molecule has 0 aliphatic rings. The Morgan fingerprint density at radius 2 is 2.14 bits per heavy atom. The number of carbonyl (C=O) groups excluding carboxylic acids is 1. The Morgan fingerprint density at radius 1 is 1.38 bits per heavy atom. The summed E-state index contributed by atoms with van der Waals surface area (Å²) in [6, 6.07) is 7.72. The summed E-state index contributed by atoms with van der Waals surface area (Å²) in [7, 11) is 0.